The number of halogens is 1. The van der Waals surface area contributed by atoms with E-state index in [4.69, 9.17) is 14.6 Å². The predicted molar refractivity (Wildman–Crippen MR) is 74.2 cm³/mol. The molecule has 1 aliphatic carbocycles. The fourth-order valence-electron chi connectivity index (χ4n) is 3.40. The Morgan fingerprint density at radius 3 is 2.86 bits per heavy atom. The van der Waals surface area contributed by atoms with Gasteiger partial charge in [0.2, 0.25) is 0 Å². The summed E-state index contributed by atoms with van der Waals surface area (Å²) in [5, 5.41) is 9.15. The average Bonchev–Trinajstić information content (AvgIpc) is 2.88. The fourth-order valence-corrected chi connectivity index (χ4v) is 3.40. The van der Waals surface area contributed by atoms with Crippen molar-refractivity contribution in [1.82, 2.24) is 0 Å². The van der Waals surface area contributed by atoms with Gasteiger partial charge in [-0.15, -0.1) is 0 Å². The third-order valence-electron chi connectivity index (χ3n) is 4.43. The van der Waals surface area contributed by atoms with E-state index in [1.807, 2.05) is 0 Å². The van der Waals surface area contributed by atoms with E-state index in [-0.39, 0.29) is 23.0 Å². The second-order valence-electron chi connectivity index (χ2n) is 5.92. The Kier molecular flexibility index (Phi) is 3.85. The number of aromatic carboxylic acids is 1. The summed E-state index contributed by atoms with van der Waals surface area (Å²) >= 11 is 0. The molecule has 5 heteroatoms. The first-order valence-electron chi connectivity index (χ1n) is 7.41. The maximum atomic E-state index is 13.2. The molecule has 1 heterocycles. The van der Waals surface area contributed by atoms with Gasteiger partial charge in [0.15, 0.2) is 0 Å². The highest BCUT2D eigenvalue weighted by Gasteiger charge is 2.40. The molecule has 1 spiro atoms. The summed E-state index contributed by atoms with van der Waals surface area (Å²) in [6.07, 6.45) is 5.87. The van der Waals surface area contributed by atoms with Gasteiger partial charge in [0, 0.05) is 12.8 Å². The van der Waals surface area contributed by atoms with Crippen LogP contribution in [0.1, 0.15) is 48.9 Å². The summed E-state index contributed by atoms with van der Waals surface area (Å²) in [5.74, 6) is -1.50. The second kappa shape index (κ2) is 5.64. The topological polar surface area (TPSA) is 55.8 Å². The van der Waals surface area contributed by atoms with Crippen LogP contribution in [0, 0.1) is 5.82 Å². The molecule has 0 aromatic heterocycles. The lowest BCUT2D eigenvalue weighted by atomic mass is 9.90. The number of hydrogen-bond acceptors (Lipinski definition) is 3. The monoisotopic (exact) mass is 294 g/mol. The van der Waals surface area contributed by atoms with Gasteiger partial charge in [-0.3, -0.25) is 0 Å². The molecule has 1 N–H and O–H groups in total. The third kappa shape index (κ3) is 3.02. The molecule has 21 heavy (non-hydrogen) atoms. The summed E-state index contributed by atoms with van der Waals surface area (Å²) < 4.78 is 25.0. The van der Waals surface area contributed by atoms with Gasteiger partial charge < -0.3 is 14.6 Å². The Morgan fingerprint density at radius 2 is 2.14 bits per heavy atom. The molecule has 114 valence electrons. The van der Waals surface area contributed by atoms with E-state index in [9.17, 15) is 9.18 Å². The van der Waals surface area contributed by atoms with E-state index in [0.717, 1.165) is 31.7 Å². The molecular formula is C16H19FO4. The molecule has 1 unspecified atom stereocenters. The molecule has 1 atom stereocenters. The van der Waals surface area contributed by atoms with Crippen molar-refractivity contribution < 1.29 is 23.8 Å². The number of hydrogen-bond donors (Lipinski definition) is 1. The van der Waals surface area contributed by atoms with Crippen LogP contribution in [0.2, 0.25) is 0 Å². The molecule has 1 aromatic carbocycles. The van der Waals surface area contributed by atoms with Gasteiger partial charge in [-0.2, -0.15) is 0 Å². The molecular weight excluding hydrogens is 275 g/mol. The van der Waals surface area contributed by atoms with Crippen molar-refractivity contribution in [3.05, 3.63) is 29.6 Å². The van der Waals surface area contributed by atoms with Crippen molar-refractivity contribution in [2.75, 3.05) is 6.61 Å². The van der Waals surface area contributed by atoms with Gasteiger partial charge in [-0.1, -0.05) is 12.8 Å². The zero-order chi connectivity index (χ0) is 14.9. The second-order valence-corrected chi connectivity index (χ2v) is 5.92. The fraction of sp³-hybridized carbons (Fsp3) is 0.562. The van der Waals surface area contributed by atoms with Gasteiger partial charge in [-0.25, -0.2) is 9.18 Å². The lowest BCUT2D eigenvalue weighted by Crippen LogP contribution is -2.41. The van der Waals surface area contributed by atoms with Crippen LogP contribution < -0.4 is 4.74 Å². The number of rotatable bonds is 3. The molecule has 1 aliphatic heterocycles. The van der Waals surface area contributed by atoms with Gasteiger partial charge in [-0.05, 0) is 31.0 Å². The summed E-state index contributed by atoms with van der Waals surface area (Å²) in [6, 6.07) is 3.63. The van der Waals surface area contributed by atoms with E-state index >= 15 is 0 Å². The summed E-state index contributed by atoms with van der Waals surface area (Å²) in [4.78, 5) is 11.2. The molecule has 2 fully saturated rings. The maximum Gasteiger partial charge on any atom is 0.339 e. The zero-order valence-electron chi connectivity index (χ0n) is 11.8. The SMILES string of the molecule is O=C(O)c1cc(F)ccc1OC1CCOC2(CCCC2)C1. The number of benzene rings is 1. The minimum absolute atomic E-state index is 0.0691. The summed E-state index contributed by atoms with van der Waals surface area (Å²) in [5.41, 5.74) is -0.214. The van der Waals surface area contributed by atoms with Crippen LogP contribution in [0.15, 0.2) is 18.2 Å². The van der Waals surface area contributed by atoms with Gasteiger partial charge in [0.25, 0.3) is 0 Å². The van der Waals surface area contributed by atoms with E-state index in [0.29, 0.717) is 6.61 Å². The lowest BCUT2D eigenvalue weighted by molar-refractivity contribution is -0.108. The molecule has 1 saturated heterocycles. The number of carbonyl (C=O) groups is 1. The molecule has 0 bridgehead atoms. The standard InChI is InChI=1S/C16H19FO4/c17-11-3-4-14(13(9-11)15(18)19)21-12-5-8-20-16(10-12)6-1-2-7-16/h3-4,9,12H,1-2,5-8,10H2,(H,18,19). The van der Waals surface area contributed by atoms with Crippen LogP contribution in [-0.4, -0.2) is 29.4 Å². The highest BCUT2D eigenvalue weighted by molar-refractivity contribution is 5.90. The predicted octanol–water partition coefficient (Wildman–Crippen LogP) is 3.39. The molecule has 0 radical (unpaired) electrons. The zero-order valence-corrected chi connectivity index (χ0v) is 11.8. The highest BCUT2D eigenvalue weighted by Crippen LogP contribution is 2.41. The minimum Gasteiger partial charge on any atom is -0.489 e. The van der Waals surface area contributed by atoms with E-state index in [2.05, 4.69) is 0 Å². The molecule has 4 nitrogen and oxygen atoms in total. The third-order valence-corrected chi connectivity index (χ3v) is 4.43. The Labute approximate surface area is 122 Å². The largest absolute Gasteiger partial charge is 0.489 e. The van der Waals surface area contributed by atoms with E-state index in [1.165, 1.54) is 25.0 Å². The van der Waals surface area contributed by atoms with Crippen LogP contribution in [0.4, 0.5) is 4.39 Å². The molecule has 2 aliphatic rings. The van der Waals surface area contributed by atoms with E-state index in [1.54, 1.807) is 0 Å². The Balaban J connectivity index is 1.75. The van der Waals surface area contributed by atoms with Gasteiger partial charge in [0.05, 0.1) is 12.2 Å². The summed E-state index contributed by atoms with van der Waals surface area (Å²) in [6.45, 7) is 0.633. The first-order valence-corrected chi connectivity index (χ1v) is 7.41. The van der Waals surface area contributed by atoms with Gasteiger partial charge in [0.1, 0.15) is 23.2 Å². The maximum absolute atomic E-state index is 13.2. The van der Waals surface area contributed by atoms with Crippen LogP contribution in [0.3, 0.4) is 0 Å². The number of ether oxygens (including phenoxy) is 2. The van der Waals surface area contributed by atoms with Crippen LogP contribution in [0.5, 0.6) is 5.75 Å². The first-order chi connectivity index (χ1) is 10.1. The molecule has 0 amide bonds. The highest BCUT2D eigenvalue weighted by atomic mass is 19.1. The van der Waals surface area contributed by atoms with Crippen LogP contribution in [-0.2, 0) is 4.74 Å². The number of carboxylic acid groups (broad SMARTS) is 1. The Morgan fingerprint density at radius 1 is 1.38 bits per heavy atom. The van der Waals surface area contributed by atoms with Crippen molar-refractivity contribution in [3.63, 3.8) is 0 Å². The first kappa shape index (κ1) is 14.3. The van der Waals surface area contributed by atoms with Crippen molar-refractivity contribution in [2.45, 2.75) is 50.2 Å². The van der Waals surface area contributed by atoms with Crippen molar-refractivity contribution in [1.29, 1.82) is 0 Å². The smallest absolute Gasteiger partial charge is 0.339 e. The van der Waals surface area contributed by atoms with Crippen molar-refractivity contribution in [3.8, 4) is 5.75 Å². The Hall–Kier alpha value is -1.62. The average molecular weight is 294 g/mol. The quantitative estimate of drug-likeness (QED) is 0.928. The Bertz CT molecular complexity index is 537. The molecule has 1 aromatic rings. The van der Waals surface area contributed by atoms with Crippen molar-refractivity contribution >= 4 is 5.97 Å². The van der Waals surface area contributed by atoms with Crippen LogP contribution in [0.25, 0.3) is 0 Å². The van der Waals surface area contributed by atoms with Crippen LogP contribution >= 0.6 is 0 Å². The molecule has 1 saturated carbocycles. The number of carboxylic acids is 1. The van der Waals surface area contributed by atoms with Crippen molar-refractivity contribution in [2.24, 2.45) is 0 Å². The normalized spacial score (nSPS) is 24.1. The molecule has 3 rings (SSSR count). The summed E-state index contributed by atoms with van der Waals surface area (Å²) in [7, 11) is 0. The lowest BCUT2D eigenvalue weighted by Gasteiger charge is -2.38. The van der Waals surface area contributed by atoms with E-state index < -0.39 is 11.8 Å². The minimum atomic E-state index is -1.17. The van der Waals surface area contributed by atoms with Gasteiger partial charge >= 0.3 is 5.97 Å².